The van der Waals surface area contributed by atoms with Crippen molar-refractivity contribution in [1.29, 1.82) is 0 Å². The topological polar surface area (TPSA) is 187 Å². The van der Waals surface area contributed by atoms with Gasteiger partial charge in [0.25, 0.3) is 5.91 Å². The van der Waals surface area contributed by atoms with Crippen LogP contribution in [0.4, 0.5) is 18.9 Å². The molecule has 1 aromatic heterocycles. The molecular weight excluding hydrogens is 543 g/mol. The lowest BCUT2D eigenvalue weighted by atomic mass is 10.0. The molecule has 2 atom stereocenters. The van der Waals surface area contributed by atoms with Crippen LogP contribution in [0.3, 0.4) is 0 Å². The van der Waals surface area contributed by atoms with Crippen molar-refractivity contribution in [2.75, 3.05) is 31.5 Å². The van der Waals surface area contributed by atoms with Crippen LogP contribution in [0.2, 0.25) is 0 Å². The number of nitrogens with one attached hydrogen (secondary N) is 2. The number of hydrogen-bond acceptors (Lipinski definition) is 8. The number of para-hydroxylation sites is 1. The first-order valence-corrected chi connectivity index (χ1v) is 12.6. The van der Waals surface area contributed by atoms with E-state index in [1.54, 1.807) is 30.3 Å². The number of alkyl halides is 3. The van der Waals surface area contributed by atoms with Gasteiger partial charge in [-0.05, 0) is 24.3 Å². The van der Waals surface area contributed by atoms with E-state index in [0.29, 0.717) is 23.0 Å². The van der Waals surface area contributed by atoms with Crippen molar-refractivity contribution in [1.82, 2.24) is 15.2 Å². The molecule has 3 aromatic rings. The van der Waals surface area contributed by atoms with Crippen LogP contribution < -0.4 is 27.8 Å². The number of nitrogens with zero attached hydrogens (tertiary/aromatic N) is 2. The minimum Gasteiger partial charge on any atom is -0.340 e. The van der Waals surface area contributed by atoms with Crippen molar-refractivity contribution in [2.24, 2.45) is 17.2 Å². The quantitative estimate of drug-likeness (QED) is 0.157. The number of anilines is 1. The lowest BCUT2D eigenvalue weighted by Gasteiger charge is -2.24. The number of carbonyl (C=O) groups is 4. The molecule has 0 saturated carbocycles. The summed E-state index contributed by atoms with van der Waals surface area (Å²) < 4.78 is 39.0. The highest BCUT2D eigenvalue weighted by Gasteiger charge is 2.34. The highest BCUT2D eigenvalue weighted by molar-refractivity contribution is 6.18. The van der Waals surface area contributed by atoms with Crippen molar-refractivity contribution in [3.63, 3.8) is 0 Å². The zero-order valence-corrected chi connectivity index (χ0v) is 21.9. The van der Waals surface area contributed by atoms with Crippen molar-refractivity contribution >= 4 is 40.1 Å². The third kappa shape index (κ3) is 8.30. The third-order valence-corrected chi connectivity index (χ3v) is 6.05. The molecule has 3 amide bonds. The summed E-state index contributed by atoms with van der Waals surface area (Å²) in [5, 5.41) is 5.41. The Balaban J connectivity index is 1.84. The minimum absolute atomic E-state index is 0.153. The summed E-state index contributed by atoms with van der Waals surface area (Å²) in [6, 6.07) is 8.45. The van der Waals surface area contributed by atoms with Gasteiger partial charge < -0.3 is 32.7 Å². The molecule has 11 nitrogen and oxygen atoms in total. The smallest absolute Gasteiger partial charge is 0.340 e. The number of aromatic nitrogens is 1. The van der Waals surface area contributed by atoms with Crippen LogP contribution in [0, 0.1) is 0 Å². The van der Waals surface area contributed by atoms with E-state index < -0.39 is 53.7 Å². The van der Waals surface area contributed by atoms with Gasteiger partial charge in [0.2, 0.25) is 11.8 Å². The summed E-state index contributed by atoms with van der Waals surface area (Å²) in [4.78, 5) is 57.6. The minimum atomic E-state index is -4.64. The second kappa shape index (κ2) is 13.8. The fraction of sp³-hybridized carbons (Fsp3) is 0.296. The highest BCUT2D eigenvalue weighted by Crippen LogP contribution is 2.29. The number of pyridine rings is 1. The van der Waals surface area contributed by atoms with Crippen LogP contribution in [0.25, 0.3) is 10.9 Å². The van der Waals surface area contributed by atoms with Gasteiger partial charge in [0.05, 0.1) is 35.4 Å². The Morgan fingerprint density at radius 3 is 2.17 bits per heavy atom. The molecule has 41 heavy (non-hydrogen) atoms. The van der Waals surface area contributed by atoms with E-state index in [9.17, 15) is 32.3 Å². The van der Waals surface area contributed by atoms with Crippen LogP contribution >= 0.6 is 0 Å². The predicted molar refractivity (Wildman–Crippen MR) is 145 cm³/mol. The number of amides is 3. The van der Waals surface area contributed by atoms with Crippen molar-refractivity contribution in [2.45, 2.75) is 24.7 Å². The molecule has 8 N–H and O–H groups in total. The maximum atomic E-state index is 13.3. The van der Waals surface area contributed by atoms with E-state index >= 15 is 0 Å². The summed E-state index contributed by atoms with van der Waals surface area (Å²) in [6.07, 6.45) is -3.77. The van der Waals surface area contributed by atoms with Crippen LogP contribution in [0.15, 0.2) is 60.8 Å². The molecule has 3 rings (SSSR count). The van der Waals surface area contributed by atoms with Gasteiger partial charge in [0, 0.05) is 37.1 Å². The predicted octanol–water partition coefficient (Wildman–Crippen LogP) is 1.02. The Kier molecular flexibility index (Phi) is 10.5. The Morgan fingerprint density at radius 2 is 1.56 bits per heavy atom. The summed E-state index contributed by atoms with van der Waals surface area (Å²) in [6.45, 7) is 0.671. The van der Waals surface area contributed by atoms with E-state index in [4.69, 9.17) is 17.2 Å². The molecule has 2 aromatic carbocycles. The van der Waals surface area contributed by atoms with Crippen LogP contribution in [0.1, 0.15) is 22.3 Å². The maximum Gasteiger partial charge on any atom is 0.416 e. The van der Waals surface area contributed by atoms with Gasteiger partial charge in [-0.2, -0.15) is 13.2 Å². The second-order valence-electron chi connectivity index (χ2n) is 9.06. The molecule has 2 unspecified atom stereocenters. The molecule has 14 heteroatoms. The first kappa shape index (κ1) is 31.1. The van der Waals surface area contributed by atoms with E-state index in [0.717, 1.165) is 12.1 Å². The molecule has 0 bridgehead atoms. The normalized spacial score (nSPS) is 12.8. The molecule has 0 fully saturated rings. The number of ketones is 1. The molecule has 0 aliphatic heterocycles. The summed E-state index contributed by atoms with van der Waals surface area (Å²) in [5.74, 6) is -3.51. The van der Waals surface area contributed by atoms with E-state index in [2.05, 4.69) is 15.6 Å². The number of carbonyl (C=O) groups excluding carboxylic acids is 4. The van der Waals surface area contributed by atoms with Gasteiger partial charge >= 0.3 is 6.18 Å². The lowest BCUT2D eigenvalue weighted by molar-refractivity contribution is -0.137. The Bertz CT molecular complexity index is 1390. The number of rotatable bonds is 12. The van der Waals surface area contributed by atoms with Crippen LogP contribution in [0.5, 0.6) is 0 Å². The van der Waals surface area contributed by atoms with Crippen molar-refractivity contribution < 1.29 is 32.3 Å². The average molecular weight is 574 g/mol. The Morgan fingerprint density at radius 1 is 0.927 bits per heavy atom. The standard InChI is InChI=1S/C27H30F3N7O4/c28-27(29,30)18-7-5-16(6-8-18)24(39)23(26(41)35-19-13-17-3-1-2-4-21(17)34-15-19)36-25(40)20(33)14-22(38)37(11-9-31)12-10-32/h1-8,13,15,20,23H,9-12,14,31-33H2,(H,35,41)(H,36,40). The van der Waals surface area contributed by atoms with E-state index in [1.807, 2.05) is 0 Å². The van der Waals surface area contributed by atoms with Gasteiger partial charge in [-0.25, -0.2) is 0 Å². The molecule has 1 heterocycles. The SMILES string of the molecule is NCCN(CCN)C(=O)CC(N)C(=O)NC(C(=O)Nc1cnc2ccccc2c1)C(=O)c1ccc(C(F)(F)F)cc1. The Hall–Kier alpha value is -4.40. The lowest BCUT2D eigenvalue weighted by Crippen LogP contribution is -2.54. The number of fused-ring (bicyclic) bond motifs is 1. The highest BCUT2D eigenvalue weighted by atomic mass is 19.4. The summed E-state index contributed by atoms with van der Waals surface area (Å²) in [7, 11) is 0. The van der Waals surface area contributed by atoms with Crippen LogP contribution in [-0.4, -0.2) is 71.7 Å². The Labute approximate surface area is 233 Å². The number of nitrogens with two attached hydrogens (primary N) is 3. The number of halogens is 3. The fourth-order valence-corrected chi connectivity index (χ4v) is 3.93. The van der Waals surface area contributed by atoms with Crippen molar-refractivity contribution in [3.05, 3.63) is 71.9 Å². The third-order valence-electron chi connectivity index (χ3n) is 6.05. The fourth-order valence-electron chi connectivity index (χ4n) is 3.93. The van der Waals surface area contributed by atoms with Gasteiger partial charge in [0.15, 0.2) is 11.8 Å². The van der Waals surface area contributed by atoms with Gasteiger partial charge in [-0.15, -0.1) is 0 Å². The monoisotopic (exact) mass is 573 g/mol. The van der Waals surface area contributed by atoms with E-state index in [1.165, 1.54) is 11.1 Å². The zero-order chi connectivity index (χ0) is 30.2. The largest absolute Gasteiger partial charge is 0.416 e. The van der Waals surface area contributed by atoms with Crippen LogP contribution in [-0.2, 0) is 20.6 Å². The number of benzene rings is 2. The molecule has 0 radical (unpaired) electrons. The molecule has 0 aliphatic carbocycles. The molecule has 0 spiro atoms. The molecule has 0 saturated heterocycles. The van der Waals surface area contributed by atoms with E-state index in [-0.39, 0.29) is 37.4 Å². The van der Waals surface area contributed by atoms with Crippen molar-refractivity contribution in [3.8, 4) is 0 Å². The first-order chi connectivity index (χ1) is 19.4. The molecule has 218 valence electrons. The van der Waals surface area contributed by atoms with Gasteiger partial charge in [-0.3, -0.25) is 24.2 Å². The van der Waals surface area contributed by atoms with Gasteiger partial charge in [0.1, 0.15) is 0 Å². The summed E-state index contributed by atoms with van der Waals surface area (Å²) in [5.41, 5.74) is 16.5. The average Bonchev–Trinajstić information content (AvgIpc) is 2.94. The molecular formula is C27H30F3N7O4. The number of hydrogen-bond donors (Lipinski definition) is 5. The maximum absolute atomic E-state index is 13.3. The van der Waals surface area contributed by atoms with Gasteiger partial charge in [-0.1, -0.05) is 30.3 Å². The zero-order valence-electron chi connectivity index (χ0n) is 21.9. The molecule has 0 aliphatic rings. The number of Topliss-reactive ketones (excluding diaryl/α,β-unsaturated/α-hetero) is 1. The summed E-state index contributed by atoms with van der Waals surface area (Å²) >= 11 is 0. The second-order valence-corrected chi connectivity index (χ2v) is 9.06. The first-order valence-electron chi connectivity index (χ1n) is 12.6.